The first-order valence-corrected chi connectivity index (χ1v) is 7.26. The number of carbonyl (C=O) groups is 2. The molecule has 1 saturated heterocycles. The molecule has 0 aromatic carbocycles. The Labute approximate surface area is 124 Å². The van der Waals surface area contributed by atoms with Crippen LogP contribution in [0.3, 0.4) is 0 Å². The quantitative estimate of drug-likeness (QED) is 0.815. The average Bonchev–Trinajstić information content (AvgIpc) is 2.48. The van der Waals surface area contributed by atoms with E-state index in [9.17, 15) is 9.59 Å². The molecule has 114 valence electrons. The molecular formula is C15H22N4O2. The van der Waals surface area contributed by atoms with Crippen LogP contribution < -0.4 is 11.1 Å². The minimum atomic E-state index is -0.277. The fraction of sp³-hybridized carbons (Fsp3) is 0.533. The molecule has 21 heavy (non-hydrogen) atoms. The minimum Gasteiger partial charge on any atom is -0.369 e. The van der Waals surface area contributed by atoms with Gasteiger partial charge in [-0.1, -0.05) is 6.07 Å². The second kappa shape index (κ2) is 7.17. The lowest BCUT2D eigenvalue weighted by Crippen LogP contribution is -2.49. The number of piperidine rings is 1. The zero-order chi connectivity index (χ0) is 15.2. The fourth-order valence-corrected chi connectivity index (χ4v) is 2.56. The topological polar surface area (TPSA) is 88.3 Å². The molecule has 1 aliphatic heterocycles. The zero-order valence-corrected chi connectivity index (χ0v) is 12.3. The van der Waals surface area contributed by atoms with Crippen LogP contribution in [0.25, 0.3) is 0 Å². The molecule has 6 nitrogen and oxygen atoms in total. The van der Waals surface area contributed by atoms with Gasteiger partial charge < -0.3 is 11.1 Å². The van der Waals surface area contributed by atoms with E-state index in [0.29, 0.717) is 19.1 Å². The van der Waals surface area contributed by atoms with Crippen LogP contribution in [0.1, 0.15) is 25.5 Å². The second-order valence-electron chi connectivity index (χ2n) is 5.55. The lowest BCUT2D eigenvalue weighted by Gasteiger charge is -2.36. The Balaban J connectivity index is 1.82. The third-order valence-electron chi connectivity index (χ3n) is 3.95. The molecule has 2 heterocycles. The number of nitrogens with one attached hydrogen (secondary N) is 1. The summed E-state index contributed by atoms with van der Waals surface area (Å²) in [4.78, 5) is 29.5. The molecule has 2 atom stereocenters. The standard InChI is InChI=1S/C15H22N4O2/c1-11-5-6-12(15(16)21)9-19(11)10-14(20)18-8-13-4-2-3-7-17-13/h2-4,7,11-12H,5-6,8-10H2,1H3,(H2,16,21)(H,18,20). The van der Waals surface area contributed by atoms with Gasteiger partial charge in [-0.3, -0.25) is 19.5 Å². The summed E-state index contributed by atoms with van der Waals surface area (Å²) in [7, 11) is 0. The van der Waals surface area contributed by atoms with E-state index >= 15 is 0 Å². The third kappa shape index (κ3) is 4.53. The number of likely N-dealkylation sites (tertiary alicyclic amines) is 1. The van der Waals surface area contributed by atoms with Crippen LogP contribution in [-0.4, -0.2) is 40.8 Å². The molecule has 1 aliphatic rings. The number of nitrogens with zero attached hydrogens (tertiary/aromatic N) is 2. The number of rotatable bonds is 5. The molecule has 2 rings (SSSR count). The smallest absolute Gasteiger partial charge is 0.234 e. The number of hydrogen-bond acceptors (Lipinski definition) is 4. The van der Waals surface area contributed by atoms with Crippen molar-refractivity contribution in [2.75, 3.05) is 13.1 Å². The predicted molar refractivity (Wildman–Crippen MR) is 79.0 cm³/mol. The molecule has 0 spiro atoms. The van der Waals surface area contributed by atoms with E-state index in [-0.39, 0.29) is 24.3 Å². The van der Waals surface area contributed by atoms with Crippen LogP contribution in [0.5, 0.6) is 0 Å². The van der Waals surface area contributed by atoms with Gasteiger partial charge in [0.2, 0.25) is 11.8 Å². The molecule has 2 amide bonds. The van der Waals surface area contributed by atoms with Crippen LogP contribution in [0.4, 0.5) is 0 Å². The van der Waals surface area contributed by atoms with Crippen molar-refractivity contribution in [3.8, 4) is 0 Å². The predicted octanol–water partition coefficient (Wildman–Crippen LogP) is 0.284. The number of carbonyl (C=O) groups excluding carboxylic acids is 2. The molecule has 0 saturated carbocycles. The highest BCUT2D eigenvalue weighted by molar-refractivity contribution is 5.79. The van der Waals surface area contributed by atoms with Crippen molar-refractivity contribution in [3.63, 3.8) is 0 Å². The van der Waals surface area contributed by atoms with Crippen molar-refractivity contribution < 1.29 is 9.59 Å². The summed E-state index contributed by atoms with van der Waals surface area (Å²) in [6.07, 6.45) is 3.40. The molecule has 1 aromatic heterocycles. The van der Waals surface area contributed by atoms with Crippen molar-refractivity contribution in [2.24, 2.45) is 11.7 Å². The first kappa shape index (κ1) is 15.4. The number of nitrogens with two attached hydrogens (primary N) is 1. The summed E-state index contributed by atoms with van der Waals surface area (Å²) in [5.41, 5.74) is 6.19. The van der Waals surface area contributed by atoms with Crippen molar-refractivity contribution in [2.45, 2.75) is 32.4 Å². The van der Waals surface area contributed by atoms with E-state index in [2.05, 4.69) is 17.2 Å². The number of amides is 2. The molecule has 1 fully saturated rings. The van der Waals surface area contributed by atoms with Crippen LogP contribution in [0.2, 0.25) is 0 Å². The number of primary amides is 1. The van der Waals surface area contributed by atoms with Gasteiger partial charge in [-0.15, -0.1) is 0 Å². The highest BCUT2D eigenvalue weighted by Crippen LogP contribution is 2.21. The molecule has 3 N–H and O–H groups in total. The molecule has 0 aliphatic carbocycles. The Morgan fingerprint density at radius 3 is 2.90 bits per heavy atom. The second-order valence-corrected chi connectivity index (χ2v) is 5.55. The summed E-state index contributed by atoms with van der Waals surface area (Å²) in [5.74, 6) is -0.483. The maximum Gasteiger partial charge on any atom is 0.234 e. The van der Waals surface area contributed by atoms with Gasteiger partial charge in [-0.2, -0.15) is 0 Å². The summed E-state index contributed by atoms with van der Waals surface area (Å²) < 4.78 is 0. The SMILES string of the molecule is CC1CCC(C(N)=O)CN1CC(=O)NCc1ccccn1. The monoisotopic (exact) mass is 290 g/mol. The summed E-state index contributed by atoms with van der Waals surface area (Å²) in [6.45, 7) is 3.34. The largest absolute Gasteiger partial charge is 0.369 e. The normalized spacial score (nSPS) is 22.7. The highest BCUT2D eigenvalue weighted by atomic mass is 16.2. The van der Waals surface area contributed by atoms with Crippen molar-refractivity contribution >= 4 is 11.8 Å². The van der Waals surface area contributed by atoms with Gasteiger partial charge in [0.25, 0.3) is 0 Å². The number of hydrogen-bond donors (Lipinski definition) is 2. The molecule has 0 bridgehead atoms. The Bertz CT molecular complexity index is 492. The van der Waals surface area contributed by atoms with E-state index in [1.807, 2.05) is 23.1 Å². The van der Waals surface area contributed by atoms with Crippen LogP contribution in [-0.2, 0) is 16.1 Å². The Kier molecular flexibility index (Phi) is 5.27. The number of pyridine rings is 1. The molecular weight excluding hydrogens is 268 g/mol. The van der Waals surface area contributed by atoms with Gasteiger partial charge in [0.05, 0.1) is 24.7 Å². The van der Waals surface area contributed by atoms with Gasteiger partial charge in [-0.25, -0.2) is 0 Å². The van der Waals surface area contributed by atoms with E-state index in [1.54, 1.807) is 6.20 Å². The summed E-state index contributed by atoms with van der Waals surface area (Å²) >= 11 is 0. The third-order valence-corrected chi connectivity index (χ3v) is 3.95. The van der Waals surface area contributed by atoms with E-state index < -0.39 is 0 Å². The Hall–Kier alpha value is -1.95. The highest BCUT2D eigenvalue weighted by Gasteiger charge is 2.29. The molecule has 6 heteroatoms. The first-order valence-electron chi connectivity index (χ1n) is 7.26. The van der Waals surface area contributed by atoms with Crippen molar-refractivity contribution in [1.82, 2.24) is 15.2 Å². The zero-order valence-electron chi connectivity index (χ0n) is 12.3. The fourth-order valence-electron chi connectivity index (χ4n) is 2.56. The van der Waals surface area contributed by atoms with Crippen molar-refractivity contribution in [1.29, 1.82) is 0 Å². The maximum absolute atomic E-state index is 12.0. The first-order chi connectivity index (χ1) is 10.1. The summed E-state index contributed by atoms with van der Waals surface area (Å²) in [6, 6.07) is 5.89. The summed E-state index contributed by atoms with van der Waals surface area (Å²) in [5, 5.41) is 2.85. The van der Waals surface area contributed by atoms with Gasteiger partial charge in [0.15, 0.2) is 0 Å². The van der Waals surface area contributed by atoms with Crippen molar-refractivity contribution in [3.05, 3.63) is 30.1 Å². The lowest BCUT2D eigenvalue weighted by molar-refractivity contribution is -0.128. The van der Waals surface area contributed by atoms with E-state index in [4.69, 9.17) is 5.73 Å². The van der Waals surface area contributed by atoms with Gasteiger partial charge >= 0.3 is 0 Å². The van der Waals surface area contributed by atoms with Crippen LogP contribution in [0.15, 0.2) is 24.4 Å². The van der Waals surface area contributed by atoms with Crippen LogP contribution in [0, 0.1) is 5.92 Å². The van der Waals surface area contributed by atoms with E-state index in [1.165, 1.54) is 0 Å². The lowest BCUT2D eigenvalue weighted by atomic mass is 9.93. The molecule has 1 aromatic rings. The van der Waals surface area contributed by atoms with Crippen LogP contribution >= 0.6 is 0 Å². The van der Waals surface area contributed by atoms with Gasteiger partial charge in [-0.05, 0) is 31.9 Å². The Morgan fingerprint density at radius 1 is 1.43 bits per heavy atom. The Morgan fingerprint density at radius 2 is 2.24 bits per heavy atom. The minimum absolute atomic E-state index is 0.0578. The van der Waals surface area contributed by atoms with Gasteiger partial charge in [0, 0.05) is 18.8 Å². The molecule has 2 unspecified atom stereocenters. The molecule has 0 radical (unpaired) electrons. The van der Waals surface area contributed by atoms with Gasteiger partial charge in [0.1, 0.15) is 0 Å². The van der Waals surface area contributed by atoms with E-state index in [0.717, 1.165) is 18.5 Å². The average molecular weight is 290 g/mol. The number of aromatic nitrogens is 1. The maximum atomic E-state index is 12.0.